The van der Waals surface area contributed by atoms with Gasteiger partial charge in [0, 0.05) is 87.8 Å². The van der Waals surface area contributed by atoms with Crippen LogP contribution in [0.15, 0.2) is 130 Å². The van der Waals surface area contributed by atoms with Gasteiger partial charge in [0.05, 0.1) is 22.6 Å². The van der Waals surface area contributed by atoms with Gasteiger partial charge in [-0.05, 0) is 53.6 Å². The van der Waals surface area contributed by atoms with Crippen molar-refractivity contribution in [1.82, 2.24) is 20.5 Å². The maximum Gasteiger partial charge on any atom is 2.00 e. The van der Waals surface area contributed by atoms with Gasteiger partial charge in [-0.1, -0.05) is 84.9 Å². The van der Waals surface area contributed by atoms with E-state index in [-0.39, 0.29) is 34.1 Å². The van der Waals surface area contributed by atoms with Crippen molar-refractivity contribution < 1.29 is 31.4 Å². The average Bonchev–Trinajstić information content (AvgIpc) is 4.10. The zero-order valence-electron chi connectivity index (χ0n) is 31.5. The average molecular weight is 815 g/mol. The summed E-state index contributed by atoms with van der Waals surface area (Å²) < 4.78 is 16.4. The molecule has 0 bridgehead atoms. The number of anilines is 1. The first-order chi connectivity index (χ1) is 27.5. The molecular formula is C45H46CuFN7O3+2. The predicted octanol–water partition coefficient (Wildman–Crippen LogP) is 7.10. The minimum atomic E-state index is -1.28. The SMILES string of the molecule is C(=Nc1cccc2cccc(N=Cc3ccccc3)c12)c1ccccc1.C1CNCCN1.O=C(O)c1cn(C2CC2)c2cc(N3CCNCC3)c(F)cc2c1=O.[Cu+2]. The molecule has 2 aliphatic heterocycles. The Labute approximate surface area is 342 Å². The molecule has 2 saturated heterocycles. The fraction of sp³-hybridized carbons (Fsp3) is 0.244. The molecule has 5 aromatic carbocycles. The number of carbonyl (C=O) groups is 1. The smallest absolute Gasteiger partial charge is 0.477 e. The normalized spacial score (nSPS) is 15.4. The second kappa shape index (κ2) is 20.1. The van der Waals surface area contributed by atoms with Gasteiger partial charge in [0.1, 0.15) is 11.4 Å². The van der Waals surface area contributed by atoms with Crippen molar-refractivity contribution in [2.24, 2.45) is 9.98 Å². The Balaban J connectivity index is 0.000000166. The number of carboxylic acid groups (broad SMARTS) is 1. The molecule has 9 rings (SSSR count). The molecule has 1 aromatic heterocycles. The molecule has 57 heavy (non-hydrogen) atoms. The van der Waals surface area contributed by atoms with Crippen LogP contribution < -0.4 is 26.3 Å². The Morgan fingerprint density at radius 2 is 1.25 bits per heavy atom. The van der Waals surface area contributed by atoms with Crippen molar-refractivity contribution in [3.05, 3.63) is 148 Å². The Hall–Kier alpha value is -5.49. The van der Waals surface area contributed by atoms with Crippen molar-refractivity contribution in [2.45, 2.75) is 18.9 Å². The van der Waals surface area contributed by atoms with Crippen LogP contribution in [-0.2, 0) is 17.1 Å². The van der Waals surface area contributed by atoms with E-state index in [1.54, 1.807) is 6.07 Å². The largest absolute Gasteiger partial charge is 2.00 e. The van der Waals surface area contributed by atoms with Crippen molar-refractivity contribution in [2.75, 3.05) is 57.3 Å². The second-order valence-corrected chi connectivity index (χ2v) is 13.9. The first-order valence-corrected chi connectivity index (χ1v) is 19.1. The molecule has 1 saturated carbocycles. The number of nitrogens with zero attached hydrogens (tertiary/aromatic N) is 4. The molecule has 0 atom stereocenters. The topological polar surface area (TPSA) is 123 Å². The number of aromatic carboxylic acids is 1. The molecule has 0 unspecified atom stereocenters. The maximum atomic E-state index is 14.6. The number of aliphatic imine (C=N–C) groups is 2. The molecule has 10 nitrogen and oxygen atoms in total. The van der Waals surface area contributed by atoms with Crippen LogP contribution in [0.25, 0.3) is 21.7 Å². The monoisotopic (exact) mass is 814 g/mol. The molecule has 12 heteroatoms. The summed E-state index contributed by atoms with van der Waals surface area (Å²) in [5.74, 6) is -1.76. The molecule has 3 heterocycles. The molecule has 3 aliphatic rings. The van der Waals surface area contributed by atoms with Gasteiger partial charge in [0.25, 0.3) is 0 Å². The Bertz CT molecular complexity index is 2300. The maximum absolute atomic E-state index is 14.6. The van der Waals surface area contributed by atoms with Crippen LogP contribution in [0, 0.1) is 5.82 Å². The zero-order valence-corrected chi connectivity index (χ0v) is 32.4. The molecule has 295 valence electrons. The van der Waals surface area contributed by atoms with E-state index < -0.39 is 17.2 Å². The minimum absolute atomic E-state index is 0. The van der Waals surface area contributed by atoms with Gasteiger partial charge in [0.15, 0.2) is 0 Å². The van der Waals surface area contributed by atoms with Gasteiger partial charge >= 0.3 is 23.0 Å². The molecule has 0 spiro atoms. The van der Waals surface area contributed by atoms with E-state index in [0.717, 1.165) is 85.4 Å². The van der Waals surface area contributed by atoms with Crippen LogP contribution in [0.4, 0.5) is 21.5 Å². The number of nitrogens with one attached hydrogen (secondary N) is 3. The summed E-state index contributed by atoms with van der Waals surface area (Å²) >= 11 is 0. The Morgan fingerprint density at radius 1 is 0.719 bits per heavy atom. The van der Waals surface area contributed by atoms with Crippen molar-refractivity contribution in [3.8, 4) is 0 Å². The van der Waals surface area contributed by atoms with Gasteiger partial charge in [0.2, 0.25) is 5.43 Å². The number of piperazine rings is 2. The van der Waals surface area contributed by atoms with Crippen molar-refractivity contribution >= 4 is 57.1 Å². The Kier molecular flexibility index (Phi) is 14.5. The Morgan fingerprint density at radius 3 is 1.74 bits per heavy atom. The van der Waals surface area contributed by atoms with Crippen LogP contribution in [0.2, 0.25) is 0 Å². The number of halogens is 1. The van der Waals surface area contributed by atoms with Gasteiger partial charge in [-0.3, -0.25) is 14.8 Å². The summed E-state index contributed by atoms with van der Waals surface area (Å²) in [7, 11) is 0. The number of pyridine rings is 1. The van der Waals surface area contributed by atoms with E-state index in [9.17, 15) is 19.1 Å². The second-order valence-electron chi connectivity index (χ2n) is 13.9. The molecule has 1 radical (unpaired) electrons. The zero-order chi connectivity index (χ0) is 38.7. The fourth-order valence-electron chi connectivity index (χ4n) is 6.80. The summed E-state index contributed by atoms with van der Waals surface area (Å²) in [5.41, 5.74) is 4.16. The van der Waals surface area contributed by atoms with Gasteiger partial charge < -0.3 is 30.5 Å². The molecule has 6 aromatic rings. The van der Waals surface area contributed by atoms with Crippen LogP contribution in [0.5, 0.6) is 0 Å². The van der Waals surface area contributed by atoms with Crippen LogP contribution >= 0.6 is 0 Å². The van der Waals surface area contributed by atoms with E-state index in [1.807, 2.05) is 107 Å². The number of rotatable bonds is 7. The van der Waals surface area contributed by atoms with E-state index >= 15 is 0 Å². The molecule has 3 fully saturated rings. The van der Waals surface area contributed by atoms with E-state index in [4.69, 9.17) is 9.98 Å². The van der Waals surface area contributed by atoms with E-state index in [0.29, 0.717) is 24.3 Å². The first kappa shape index (κ1) is 41.2. The standard InChI is InChI=1S/C24H18N2.C17H18FN3O3.C4H10N2.Cu/c1-3-9-19(10-4-1)17-25-22-15-7-13-21-14-8-16-23(24(21)22)26-18-20-11-5-2-6-12-20;18-13-7-11-14(8-15(13)20-5-3-19-4-6-20)21(10-1-2-10)9-12(16(11)22)17(23)24;1-2-6-4-3-5-1;/h1-18H;7-10,19H,1-6H2,(H,23,24);5-6H,1-4H2;/q;;;+2. The third-order valence-corrected chi connectivity index (χ3v) is 9.85. The molecule has 0 amide bonds. The first-order valence-electron chi connectivity index (χ1n) is 19.1. The summed E-state index contributed by atoms with van der Waals surface area (Å²) in [6.45, 7) is 7.52. The quantitative estimate of drug-likeness (QED) is 0.100. The third-order valence-electron chi connectivity index (χ3n) is 9.85. The van der Waals surface area contributed by atoms with Crippen LogP contribution in [0.1, 0.15) is 40.4 Å². The van der Waals surface area contributed by atoms with Crippen LogP contribution in [0.3, 0.4) is 0 Å². The summed E-state index contributed by atoms with van der Waals surface area (Å²) in [5, 5.41) is 21.3. The number of hydrogen-bond donors (Lipinski definition) is 4. The van der Waals surface area contributed by atoms with E-state index in [2.05, 4.69) is 28.1 Å². The molecule has 4 N–H and O–H groups in total. The number of carboxylic acids is 1. The summed E-state index contributed by atoms with van der Waals surface area (Å²) in [4.78, 5) is 35.2. The number of benzene rings is 5. The molecule has 1 aliphatic carbocycles. The van der Waals surface area contributed by atoms with Gasteiger partial charge in [-0.2, -0.15) is 0 Å². The predicted molar refractivity (Wildman–Crippen MR) is 226 cm³/mol. The molecular weight excluding hydrogens is 769 g/mol. The minimum Gasteiger partial charge on any atom is -0.477 e. The van der Waals surface area contributed by atoms with Gasteiger partial charge in [-0.25, -0.2) is 9.18 Å². The van der Waals surface area contributed by atoms with Crippen molar-refractivity contribution in [1.29, 1.82) is 0 Å². The number of hydrogen-bond acceptors (Lipinski definition) is 8. The van der Waals surface area contributed by atoms with Crippen molar-refractivity contribution in [3.63, 3.8) is 0 Å². The number of fused-ring (bicyclic) bond motifs is 2. The summed E-state index contributed by atoms with van der Waals surface area (Å²) in [6.07, 6.45) is 7.08. The summed E-state index contributed by atoms with van der Waals surface area (Å²) in [6, 6.07) is 35.6. The van der Waals surface area contributed by atoms with Crippen LogP contribution in [-0.4, -0.2) is 80.4 Å². The number of aromatic nitrogens is 1. The third kappa shape index (κ3) is 10.7. The fourth-order valence-corrected chi connectivity index (χ4v) is 6.80. The van der Waals surface area contributed by atoms with E-state index in [1.165, 1.54) is 12.3 Å². The van der Waals surface area contributed by atoms with Gasteiger partial charge in [-0.15, -0.1) is 0 Å².